The van der Waals surface area contributed by atoms with Crippen molar-refractivity contribution in [3.8, 4) is 0 Å². The van der Waals surface area contributed by atoms with Crippen LogP contribution in [0.5, 0.6) is 0 Å². The van der Waals surface area contributed by atoms with Gasteiger partial charge in [-0.1, -0.05) is 72.8 Å². The summed E-state index contributed by atoms with van der Waals surface area (Å²) in [6.07, 6.45) is 9.51. The minimum absolute atomic E-state index is 0.00852. The monoisotopic (exact) mass is 344 g/mol. The normalized spacial score (nSPS) is 18.2. The summed E-state index contributed by atoms with van der Waals surface area (Å²) in [5.41, 5.74) is 2.03. The standard InChI is InChI=1S/C20H24O3S/c1-3-18(21)24-20(2,14-16-10-6-4-7-11-16)19(22)23-15-17-12-8-5-9-13-17/h5-6,8-10,12-14H,3-4,7,11,15H2,1-2H3/b16-14-/t20-/m1/s1. The van der Waals surface area contributed by atoms with Crippen molar-refractivity contribution in [2.45, 2.75) is 50.9 Å². The Morgan fingerprint density at radius 1 is 1.29 bits per heavy atom. The Balaban J connectivity index is 2.14. The van der Waals surface area contributed by atoms with Crippen LogP contribution in [0, 0.1) is 0 Å². The Morgan fingerprint density at radius 2 is 2.04 bits per heavy atom. The Labute approximate surface area is 148 Å². The maximum Gasteiger partial charge on any atom is 0.326 e. The van der Waals surface area contributed by atoms with Crippen molar-refractivity contribution in [3.63, 3.8) is 0 Å². The lowest BCUT2D eigenvalue weighted by molar-refractivity contribution is -0.146. The van der Waals surface area contributed by atoms with E-state index in [1.165, 1.54) is 0 Å². The van der Waals surface area contributed by atoms with E-state index in [0.29, 0.717) is 6.42 Å². The van der Waals surface area contributed by atoms with Crippen molar-refractivity contribution in [3.05, 3.63) is 59.7 Å². The molecular weight excluding hydrogens is 320 g/mol. The summed E-state index contributed by atoms with van der Waals surface area (Å²) in [6.45, 7) is 3.79. The van der Waals surface area contributed by atoms with E-state index in [2.05, 4.69) is 6.08 Å². The molecule has 1 aliphatic rings. The van der Waals surface area contributed by atoms with Crippen molar-refractivity contribution >= 4 is 22.8 Å². The molecule has 1 atom stereocenters. The summed E-state index contributed by atoms with van der Waals surface area (Å²) >= 11 is 1.06. The van der Waals surface area contributed by atoms with Gasteiger partial charge in [-0.3, -0.25) is 9.59 Å². The first kappa shape index (κ1) is 18.5. The second-order valence-electron chi connectivity index (χ2n) is 6.01. The molecule has 0 heterocycles. The number of thioether (sulfide) groups is 1. The van der Waals surface area contributed by atoms with Gasteiger partial charge in [0.05, 0.1) is 0 Å². The molecule has 4 heteroatoms. The van der Waals surface area contributed by atoms with Crippen molar-refractivity contribution in [2.75, 3.05) is 0 Å². The highest BCUT2D eigenvalue weighted by Gasteiger charge is 2.36. The average Bonchev–Trinajstić information content (AvgIpc) is 2.61. The quantitative estimate of drug-likeness (QED) is 0.694. The molecule has 0 saturated carbocycles. The van der Waals surface area contributed by atoms with Gasteiger partial charge in [-0.2, -0.15) is 0 Å². The SMILES string of the molecule is CCC(=O)S[C@](C)(/C=C1/C=CCCC1)C(=O)OCc1ccccc1. The summed E-state index contributed by atoms with van der Waals surface area (Å²) in [5.74, 6) is -0.371. The van der Waals surface area contributed by atoms with Crippen LogP contribution in [0.15, 0.2) is 54.1 Å². The molecule has 3 nitrogen and oxygen atoms in total. The molecule has 1 aliphatic carbocycles. The van der Waals surface area contributed by atoms with Gasteiger partial charge in [0.25, 0.3) is 0 Å². The van der Waals surface area contributed by atoms with Crippen LogP contribution >= 0.6 is 11.8 Å². The highest BCUT2D eigenvalue weighted by Crippen LogP contribution is 2.33. The predicted octanol–water partition coefficient (Wildman–Crippen LogP) is 4.82. The first-order chi connectivity index (χ1) is 11.5. The third-order valence-corrected chi connectivity index (χ3v) is 5.09. The zero-order valence-corrected chi connectivity index (χ0v) is 15.1. The third-order valence-electron chi connectivity index (χ3n) is 3.86. The molecule has 0 spiro atoms. The number of rotatable bonds is 6. The molecule has 1 aromatic rings. The maximum atomic E-state index is 12.7. The van der Waals surface area contributed by atoms with Crippen LogP contribution in [0.1, 0.15) is 45.1 Å². The van der Waals surface area contributed by atoms with E-state index in [4.69, 9.17) is 4.74 Å². The number of esters is 1. The Hall–Kier alpha value is -1.81. The number of carbonyl (C=O) groups excluding carboxylic acids is 2. The molecule has 0 aliphatic heterocycles. The molecular formula is C20H24O3S. The highest BCUT2D eigenvalue weighted by atomic mass is 32.2. The average molecular weight is 344 g/mol. The molecule has 2 rings (SSSR count). The second-order valence-corrected chi connectivity index (χ2v) is 7.52. The molecule has 0 bridgehead atoms. The summed E-state index contributed by atoms with van der Waals surface area (Å²) in [5, 5.41) is -0.00852. The lowest BCUT2D eigenvalue weighted by atomic mass is 9.98. The van der Waals surface area contributed by atoms with Crippen LogP contribution in [0.25, 0.3) is 0 Å². The van der Waals surface area contributed by atoms with Gasteiger partial charge in [-0.05, 0) is 31.7 Å². The molecule has 0 radical (unpaired) electrons. The number of hydrogen-bond donors (Lipinski definition) is 0. The lowest BCUT2D eigenvalue weighted by Gasteiger charge is -2.24. The number of ether oxygens (including phenoxy) is 1. The van der Waals surface area contributed by atoms with Gasteiger partial charge in [0.1, 0.15) is 11.4 Å². The summed E-state index contributed by atoms with van der Waals surface area (Å²) in [6, 6.07) is 9.57. The zero-order chi connectivity index (χ0) is 17.4. The van der Waals surface area contributed by atoms with Crippen LogP contribution in [0.3, 0.4) is 0 Å². The molecule has 24 heavy (non-hydrogen) atoms. The molecule has 0 aromatic heterocycles. The topological polar surface area (TPSA) is 43.4 Å². The lowest BCUT2D eigenvalue weighted by Crippen LogP contribution is -2.33. The minimum atomic E-state index is -0.987. The van der Waals surface area contributed by atoms with Crippen LogP contribution in [0.2, 0.25) is 0 Å². The van der Waals surface area contributed by atoms with Crippen LogP contribution in [-0.2, 0) is 20.9 Å². The molecule has 128 valence electrons. The number of carbonyl (C=O) groups is 2. The van der Waals surface area contributed by atoms with Gasteiger partial charge in [0, 0.05) is 6.42 Å². The van der Waals surface area contributed by atoms with E-state index in [0.717, 1.165) is 42.2 Å². The smallest absolute Gasteiger partial charge is 0.326 e. The predicted molar refractivity (Wildman–Crippen MR) is 98.6 cm³/mol. The van der Waals surface area contributed by atoms with Gasteiger partial charge in [0.2, 0.25) is 0 Å². The van der Waals surface area contributed by atoms with E-state index in [-0.39, 0.29) is 17.7 Å². The first-order valence-corrected chi connectivity index (χ1v) is 9.16. The van der Waals surface area contributed by atoms with Crippen LogP contribution in [-0.4, -0.2) is 15.8 Å². The molecule has 1 aromatic carbocycles. The number of benzene rings is 1. The van der Waals surface area contributed by atoms with Gasteiger partial charge in [-0.15, -0.1) is 0 Å². The number of allylic oxidation sites excluding steroid dienone is 3. The maximum absolute atomic E-state index is 12.7. The Kier molecular flexibility index (Phi) is 6.85. The summed E-state index contributed by atoms with van der Waals surface area (Å²) < 4.78 is 4.51. The van der Waals surface area contributed by atoms with Gasteiger partial charge in [0.15, 0.2) is 5.12 Å². The Bertz CT molecular complexity index is 634. The molecule has 0 unspecified atom stereocenters. The fraction of sp³-hybridized carbons (Fsp3) is 0.400. The van der Waals surface area contributed by atoms with Crippen molar-refractivity contribution in [1.29, 1.82) is 0 Å². The van der Waals surface area contributed by atoms with Gasteiger partial charge in [-0.25, -0.2) is 0 Å². The van der Waals surface area contributed by atoms with Crippen molar-refractivity contribution in [1.82, 2.24) is 0 Å². The van der Waals surface area contributed by atoms with Crippen molar-refractivity contribution in [2.24, 2.45) is 0 Å². The molecule has 0 fully saturated rings. The molecule has 0 N–H and O–H groups in total. The van der Waals surface area contributed by atoms with Crippen molar-refractivity contribution < 1.29 is 14.3 Å². The zero-order valence-electron chi connectivity index (χ0n) is 14.3. The second kappa shape index (κ2) is 8.88. The van der Waals surface area contributed by atoms with Gasteiger partial charge >= 0.3 is 5.97 Å². The third kappa shape index (κ3) is 5.38. The van der Waals surface area contributed by atoms with E-state index >= 15 is 0 Å². The van der Waals surface area contributed by atoms with Crippen LogP contribution in [0.4, 0.5) is 0 Å². The number of hydrogen-bond acceptors (Lipinski definition) is 4. The molecule has 0 amide bonds. The Morgan fingerprint density at radius 3 is 2.67 bits per heavy atom. The minimum Gasteiger partial charge on any atom is -0.460 e. The van der Waals surface area contributed by atoms with Crippen LogP contribution < -0.4 is 0 Å². The largest absolute Gasteiger partial charge is 0.460 e. The highest BCUT2D eigenvalue weighted by molar-refractivity contribution is 8.15. The van der Waals surface area contributed by atoms with E-state index < -0.39 is 4.75 Å². The molecule has 0 saturated heterocycles. The van der Waals surface area contributed by atoms with E-state index in [1.807, 2.05) is 42.5 Å². The van der Waals surface area contributed by atoms with E-state index in [9.17, 15) is 9.59 Å². The fourth-order valence-electron chi connectivity index (χ4n) is 2.52. The van der Waals surface area contributed by atoms with E-state index in [1.54, 1.807) is 13.8 Å². The summed E-state index contributed by atoms with van der Waals surface area (Å²) in [7, 11) is 0. The summed E-state index contributed by atoms with van der Waals surface area (Å²) in [4.78, 5) is 24.7. The fourth-order valence-corrected chi connectivity index (χ4v) is 3.49. The van der Waals surface area contributed by atoms with Gasteiger partial charge < -0.3 is 4.74 Å². The first-order valence-electron chi connectivity index (χ1n) is 8.35.